The zero-order valence-electron chi connectivity index (χ0n) is 14.3. The summed E-state index contributed by atoms with van der Waals surface area (Å²) in [5.74, 6) is 0.0417. The van der Waals surface area contributed by atoms with Crippen LogP contribution in [0.15, 0.2) is 12.1 Å². The van der Waals surface area contributed by atoms with Gasteiger partial charge in [-0.2, -0.15) is 4.31 Å². The van der Waals surface area contributed by atoms with Gasteiger partial charge >= 0.3 is 0 Å². The average Bonchev–Trinajstić information content (AvgIpc) is 2.76. The van der Waals surface area contributed by atoms with E-state index in [9.17, 15) is 13.2 Å². The molecule has 130 valence electrons. The van der Waals surface area contributed by atoms with Gasteiger partial charge in [0.2, 0.25) is 10.0 Å². The normalized spacial score (nSPS) is 16.0. The third-order valence-electron chi connectivity index (χ3n) is 4.34. The molecule has 0 saturated heterocycles. The quantitative estimate of drug-likeness (QED) is 0.794. The molecule has 6 nitrogen and oxygen atoms in total. The smallest absolute Gasteiger partial charge is 0.270 e. The Labute approximate surface area is 139 Å². The van der Waals surface area contributed by atoms with Gasteiger partial charge in [0, 0.05) is 31.9 Å². The van der Waals surface area contributed by atoms with Crippen LogP contribution in [0.2, 0.25) is 0 Å². The van der Waals surface area contributed by atoms with Gasteiger partial charge in [-0.05, 0) is 31.9 Å². The van der Waals surface area contributed by atoms with Crippen LogP contribution in [-0.2, 0) is 23.1 Å². The van der Waals surface area contributed by atoms with Crippen molar-refractivity contribution in [2.75, 3.05) is 25.9 Å². The van der Waals surface area contributed by atoms with E-state index in [1.54, 1.807) is 0 Å². The van der Waals surface area contributed by atoms with Crippen molar-refractivity contribution < 1.29 is 13.2 Å². The van der Waals surface area contributed by atoms with Crippen molar-refractivity contribution in [2.24, 2.45) is 0 Å². The van der Waals surface area contributed by atoms with Gasteiger partial charge in [-0.25, -0.2) is 8.42 Å². The highest BCUT2D eigenvalue weighted by Gasteiger charge is 2.25. The summed E-state index contributed by atoms with van der Waals surface area (Å²) < 4.78 is 27.1. The molecule has 1 aliphatic rings. The first kappa shape index (κ1) is 18.0. The molecule has 0 unspecified atom stereocenters. The lowest BCUT2D eigenvalue weighted by atomic mass is 10.3. The molecule has 0 aliphatic carbocycles. The molecule has 1 aromatic rings. The van der Waals surface area contributed by atoms with Gasteiger partial charge in [0.15, 0.2) is 0 Å². The topological polar surface area (TPSA) is 62.6 Å². The number of nitrogens with zero attached hydrogens (tertiary/aromatic N) is 3. The number of hydrogen-bond acceptors (Lipinski definition) is 3. The maximum atomic E-state index is 12.8. The Hall–Kier alpha value is -1.34. The van der Waals surface area contributed by atoms with Crippen molar-refractivity contribution in [3.8, 4) is 0 Å². The second-order valence-electron chi connectivity index (χ2n) is 6.05. The van der Waals surface area contributed by atoms with Crippen LogP contribution >= 0.6 is 0 Å². The Balaban J connectivity index is 2.24. The molecule has 2 rings (SSSR count). The number of hydrogen-bond donors (Lipinski definition) is 0. The minimum absolute atomic E-state index is 0.0417. The predicted molar refractivity (Wildman–Crippen MR) is 90.8 cm³/mol. The number of carbonyl (C=O) groups excluding carboxylic acids is 1. The lowest BCUT2D eigenvalue weighted by Crippen LogP contribution is -2.33. The Morgan fingerprint density at radius 1 is 1.26 bits per heavy atom. The summed E-state index contributed by atoms with van der Waals surface area (Å²) >= 11 is 0. The maximum Gasteiger partial charge on any atom is 0.270 e. The van der Waals surface area contributed by atoms with E-state index in [-0.39, 0.29) is 5.91 Å². The highest BCUT2D eigenvalue weighted by molar-refractivity contribution is 7.88. The van der Waals surface area contributed by atoms with Crippen LogP contribution in [0.3, 0.4) is 0 Å². The van der Waals surface area contributed by atoms with Gasteiger partial charge in [0.05, 0.1) is 12.8 Å². The number of aromatic nitrogens is 1. The number of rotatable bonds is 6. The maximum absolute atomic E-state index is 12.8. The van der Waals surface area contributed by atoms with Crippen LogP contribution in [0, 0.1) is 0 Å². The van der Waals surface area contributed by atoms with Gasteiger partial charge in [-0.15, -0.1) is 0 Å². The molecule has 0 radical (unpaired) electrons. The van der Waals surface area contributed by atoms with E-state index in [0.29, 0.717) is 31.9 Å². The van der Waals surface area contributed by atoms with Gasteiger partial charge in [0.1, 0.15) is 5.69 Å². The fourth-order valence-electron chi connectivity index (χ4n) is 2.96. The molecule has 1 aromatic heterocycles. The van der Waals surface area contributed by atoms with Crippen LogP contribution < -0.4 is 0 Å². The van der Waals surface area contributed by atoms with E-state index in [4.69, 9.17) is 0 Å². The highest BCUT2D eigenvalue weighted by atomic mass is 32.2. The second-order valence-corrected chi connectivity index (χ2v) is 8.03. The highest BCUT2D eigenvalue weighted by Crippen LogP contribution is 2.20. The van der Waals surface area contributed by atoms with E-state index < -0.39 is 10.0 Å². The van der Waals surface area contributed by atoms with Gasteiger partial charge in [0.25, 0.3) is 5.91 Å². The minimum Gasteiger partial charge on any atom is -0.339 e. The molecule has 0 aromatic carbocycles. The van der Waals surface area contributed by atoms with Crippen LogP contribution in [0.25, 0.3) is 0 Å². The molecule has 0 N–H and O–H groups in total. The van der Waals surface area contributed by atoms with Crippen molar-refractivity contribution in [1.82, 2.24) is 13.8 Å². The summed E-state index contributed by atoms with van der Waals surface area (Å²) in [7, 11) is -3.21. The summed E-state index contributed by atoms with van der Waals surface area (Å²) in [6.07, 6.45) is 4.01. The van der Waals surface area contributed by atoms with Crippen LogP contribution in [0.1, 0.15) is 49.3 Å². The van der Waals surface area contributed by atoms with E-state index in [1.807, 2.05) is 28.5 Å². The molecule has 0 fully saturated rings. The standard InChI is InChI=1S/C16H27N3O3S/c1-4-6-10-17(5-2)16(20)15-9-8-14-13-18(23(3,21)22)11-7-12-19(14)15/h8-9H,4-7,10-13H2,1-3H3. The third-order valence-corrected chi connectivity index (χ3v) is 5.59. The fourth-order valence-corrected chi connectivity index (χ4v) is 3.79. The number of amides is 1. The molecular weight excluding hydrogens is 314 g/mol. The molecular formula is C16H27N3O3S. The van der Waals surface area contributed by atoms with E-state index in [2.05, 4.69) is 6.92 Å². The largest absolute Gasteiger partial charge is 0.339 e. The number of fused-ring (bicyclic) bond motifs is 1. The zero-order valence-corrected chi connectivity index (χ0v) is 15.1. The lowest BCUT2D eigenvalue weighted by molar-refractivity contribution is 0.0751. The molecule has 0 spiro atoms. The van der Waals surface area contributed by atoms with Crippen molar-refractivity contribution in [1.29, 1.82) is 0 Å². The summed E-state index contributed by atoms with van der Waals surface area (Å²) in [6, 6.07) is 3.71. The van der Waals surface area contributed by atoms with E-state index in [0.717, 1.165) is 31.5 Å². The monoisotopic (exact) mass is 341 g/mol. The summed E-state index contributed by atoms with van der Waals surface area (Å²) in [5.41, 5.74) is 1.57. The molecule has 1 amide bonds. The molecule has 0 bridgehead atoms. The molecule has 0 saturated carbocycles. The summed E-state index contributed by atoms with van der Waals surface area (Å²) in [6.45, 7) is 7.08. The van der Waals surface area contributed by atoms with Crippen LogP contribution in [0.4, 0.5) is 0 Å². The number of carbonyl (C=O) groups is 1. The SMILES string of the molecule is CCCCN(CC)C(=O)c1ccc2n1CCCN(S(C)(=O)=O)C2. The summed E-state index contributed by atoms with van der Waals surface area (Å²) in [4.78, 5) is 14.6. The first-order valence-electron chi connectivity index (χ1n) is 8.31. The van der Waals surface area contributed by atoms with Crippen LogP contribution in [-0.4, -0.2) is 54.0 Å². The van der Waals surface area contributed by atoms with Gasteiger partial charge in [-0.1, -0.05) is 13.3 Å². The molecule has 2 heterocycles. The minimum atomic E-state index is -3.21. The fraction of sp³-hybridized carbons (Fsp3) is 0.688. The molecule has 23 heavy (non-hydrogen) atoms. The van der Waals surface area contributed by atoms with Crippen molar-refractivity contribution >= 4 is 15.9 Å². The first-order chi connectivity index (χ1) is 10.9. The Morgan fingerprint density at radius 2 is 2.00 bits per heavy atom. The van der Waals surface area contributed by atoms with Gasteiger partial charge in [-0.3, -0.25) is 4.79 Å². The summed E-state index contributed by atoms with van der Waals surface area (Å²) in [5, 5.41) is 0. The van der Waals surface area contributed by atoms with Crippen molar-refractivity contribution in [3.05, 3.63) is 23.5 Å². The number of sulfonamides is 1. The molecule has 0 atom stereocenters. The third kappa shape index (κ3) is 4.14. The van der Waals surface area contributed by atoms with E-state index >= 15 is 0 Å². The van der Waals surface area contributed by atoms with Crippen molar-refractivity contribution in [3.63, 3.8) is 0 Å². The Bertz CT molecular complexity index is 652. The Kier molecular flexibility index (Phi) is 5.86. The van der Waals surface area contributed by atoms with E-state index in [1.165, 1.54) is 10.6 Å². The molecule has 7 heteroatoms. The van der Waals surface area contributed by atoms with Crippen molar-refractivity contribution in [2.45, 2.75) is 46.2 Å². The zero-order chi connectivity index (χ0) is 17.0. The first-order valence-corrected chi connectivity index (χ1v) is 10.2. The lowest BCUT2D eigenvalue weighted by Gasteiger charge is -2.21. The van der Waals surface area contributed by atoms with Crippen LogP contribution in [0.5, 0.6) is 0 Å². The molecule has 1 aliphatic heterocycles. The Morgan fingerprint density at radius 3 is 2.61 bits per heavy atom. The number of unbranched alkanes of at least 4 members (excludes halogenated alkanes) is 1. The average molecular weight is 341 g/mol. The van der Waals surface area contributed by atoms with Gasteiger partial charge < -0.3 is 9.47 Å². The second kappa shape index (κ2) is 7.49. The predicted octanol–water partition coefficient (Wildman–Crippen LogP) is 1.92.